The Bertz CT molecular complexity index is 477. The van der Waals surface area contributed by atoms with Crippen molar-refractivity contribution >= 4 is 24.3 Å². The summed E-state index contributed by atoms with van der Waals surface area (Å²) in [4.78, 5) is 24.3. The first kappa shape index (κ1) is 36.3. The van der Waals surface area contributed by atoms with Crippen LogP contribution in [0.4, 0.5) is 0 Å². The average molecular weight is 519 g/mol. The third-order valence-electron chi connectivity index (χ3n) is 6.92. The van der Waals surface area contributed by atoms with E-state index in [0.717, 1.165) is 25.7 Å². The lowest BCUT2D eigenvalue weighted by atomic mass is 10.0. The number of unbranched alkanes of at least 4 members (excludes halogenated alkanes) is 18. The first-order valence-corrected chi connectivity index (χ1v) is 14.7. The Morgan fingerprint density at radius 1 is 0.600 bits per heavy atom. The summed E-state index contributed by atoms with van der Waals surface area (Å²) in [5.41, 5.74) is 5.65. The van der Waals surface area contributed by atoms with Gasteiger partial charge < -0.3 is 10.5 Å². The molecule has 0 saturated carbocycles. The number of methoxy groups -OCH3 is 1. The van der Waals surface area contributed by atoms with Crippen LogP contribution in [0.5, 0.6) is 0 Å². The maximum atomic E-state index is 12.3. The molecule has 0 radical (unpaired) electrons. The van der Waals surface area contributed by atoms with E-state index in [1.807, 2.05) is 0 Å². The molecule has 0 heterocycles. The topological polar surface area (TPSA) is 81.4 Å². The van der Waals surface area contributed by atoms with Crippen LogP contribution in [0.2, 0.25) is 0 Å². The summed E-state index contributed by atoms with van der Waals surface area (Å²) in [6.45, 7) is 4.50. The van der Waals surface area contributed by atoms with Crippen molar-refractivity contribution in [2.24, 2.45) is 5.73 Å². The van der Waals surface area contributed by atoms with Gasteiger partial charge in [0.15, 0.2) is 0 Å². The highest BCUT2D eigenvalue weighted by Crippen LogP contribution is 2.15. The lowest BCUT2D eigenvalue weighted by Gasteiger charge is -2.22. The monoisotopic (exact) mass is 518 g/mol. The van der Waals surface area contributed by atoms with E-state index in [2.05, 4.69) is 19.2 Å². The van der Waals surface area contributed by atoms with Gasteiger partial charge >= 0.3 is 5.97 Å². The predicted molar refractivity (Wildman–Crippen MR) is 152 cm³/mol. The highest BCUT2D eigenvalue weighted by Gasteiger charge is 2.25. The van der Waals surface area contributed by atoms with Crippen molar-refractivity contribution in [1.29, 1.82) is 0 Å². The number of carbonyl (C=O) groups is 2. The molecule has 0 aliphatic heterocycles. The molecule has 5 nitrogen and oxygen atoms in total. The largest absolute Gasteiger partial charge is 0.468 e. The fraction of sp³-hybridized carbons (Fsp3) is 0.931. The summed E-state index contributed by atoms with van der Waals surface area (Å²) in [6.07, 6.45) is 26.5. The molecule has 0 fully saturated rings. The van der Waals surface area contributed by atoms with Crippen molar-refractivity contribution < 1.29 is 14.3 Å². The molecule has 0 spiro atoms. The molecule has 0 bridgehead atoms. The number of primary amides is 1. The third kappa shape index (κ3) is 23.3. The standard InChI is InChI=1S/C29H58N2O3.ClH/c1-4-6-8-10-12-14-16-18-20-22-24-26(28(30)32)31-27(29(33)34-3)25-23-21-19-17-15-13-11-9-7-5-2;/h26-27,31H,4-25H2,1-3H3,(H2,30,32);1H. The van der Waals surface area contributed by atoms with E-state index >= 15 is 0 Å². The van der Waals surface area contributed by atoms with E-state index in [9.17, 15) is 9.59 Å². The molecule has 0 aromatic carbocycles. The first-order valence-electron chi connectivity index (χ1n) is 14.7. The van der Waals surface area contributed by atoms with Crippen LogP contribution in [0.3, 0.4) is 0 Å². The van der Waals surface area contributed by atoms with E-state index in [1.165, 1.54) is 110 Å². The number of nitrogens with two attached hydrogens (primary N) is 1. The number of hydrogen-bond acceptors (Lipinski definition) is 4. The molecule has 1 amide bonds. The van der Waals surface area contributed by atoms with Crippen molar-refractivity contribution in [2.75, 3.05) is 7.11 Å². The predicted octanol–water partition coefficient (Wildman–Crippen LogP) is 8.02. The third-order valence-corrected chi connectivity index (χ3v) is 6.92. The molecule has 0 aromatic heterocycles. The van der Waals surface area contributed by atoms with Gasteiger partial charge in [-0.25, -0.2) is 0 Å². The van der Waals surface area contributed by atoms with Gasteiger partial charge in [0, 0.05) is 0 Å². The van der Waals surface area contributed by atoms with Crippen LogP contribution in [0, 0.1) is 0 Å². The molecule has 2 unspecified atom stereocenters. The highest BCUT2D eigenvalue weighted by molar-refractivity contribution is 5.85. The smallest absolute Gasteiger partial charge is 0.322 e. The molecule has 0 aliphatic carbocycles. The molecule has 210 valence electrons. The normalized spacial score (nSPS) is 12.7. The Kier molecular flexibility index (Phi) is 28.8. The summed E-state index contributed by atoms with van der Waals surface area (Å²) < 4.78 is 4.99. The van der Waals surface area contributed by atoms with Crippen molar-refractivity contribution in [2.45, 2.75) is 167 Å². The molecule has 0 rings (SSSR count). The second-order valence-electron chi connectivity index (χ2n) is 10.1. The zero-order valence-corrected chi connectivity index (χ0v) is 24.2. The number of esters is 1. The van der Waals surface area contributed by atoms with Gasteiger partial charge in [0.1, 0.15) is 6.04 Å². The molecule has 0 saturated heterocycles. The van der Waals surface area contributed by atoms with Gasteiger partial charge in [0.2, 0.25) is 5.91 Å². The number of hydrogen-bond donors (Lipinski definition) is 2. The fourth-order valence-corrected chi connectivity index (χ4v) is 4.63. The van der Waals surface area contributed by atoms with Crippen LogP contribution in [0.15, 0.2) is 0 Å². The maximum Gasteiger partial charge on any atom is 0.322 e. The van der Waals surface area contributed by atoms with Gasteiger partial charge in [-0.3, -0.25) is 14.9 Å². The van der Waals surface area contributed by atoms with E-state index in [0.29, 0.717) is 12.8 Å². The number of ether oxygens (including phenoxy) is 1. The molecular weight excluding hydrogens is 460 g/mol. The van der Waals surface area contributed by atoms with Gasteiger partial charge in [0.05, 0.1) is 13.2 Å². The Hall–Kier alpha value is -0.810. The van der Waals surface area contributed by atoms with Gasteiger partial charge in [-0.1, -0.05) is 142 Å². The Balaban J connectivity index is 0. The number of nitrogens with one attached hydrogen (secondary N) is 1. The Morgan fingerprint density at radius 2 is 0.914 bits per heavy atom. The molecule has 3 N–H and O–H groups in total. The van der Waals surface area contributed by atoms with Crippen molar-refractivity contribution in [1.82, 2.24) is 5.32 Å². The van der Waals surface area contributed by atoms with E-state index in [4.69, 9.17) is 10.5 Å². The minimum absolute atomic E-state index is 0. The minimum Gasteiger partial charge on any atom is -0.468 e. The molecule has 2 atom stereocenters. The highest BCUT2D eigenvalue weighted by atomic mass is 35.5. The van der Waals surface area contributed by atoms with Gasteiger partial charge in [0.25, 0.3) is 0 Å². The first-order chi connectivity index (χ1) is 16.6. The molecule has 0 aromatic rings. The van der Waals surface area contributed by atoms with E-state index < -0.39 is 12.1 Å². The van der Waals surface area contributed by atoms with Gasteiger partial charge in [-0.05, 0) is 12.8 Å². The second kappa shape index (κ2) is 27.8. The minimum atomic E-state index is -0.457. The van der Waals surface area contributed by atoms with Crippen LogP contribution < -0.4 is 11.1 Å². The van der Waals surface area contributed by atoms with Crippen molar-refractivity contribution in [3.63, 3.8) is 0 Å². The van der Waals surface area contributed by atoms with Crippen LogP contribution in [-0.2, 0) is 14.3 Å². The lowest BCUT2D eigenvalue weighted by Crippen LogP contribution is -2.49. The van der Waals surface area contributed by atoms with Crippen molar-refractivity contribution in [3.05, 3.63) is 0 Å². The molecular formula is C29H59ClN2O3. The molecule has 35 heavy (non-hydrogen) atoms. The molecule has 6 heteroatoms. The summed E-state index contributed by atoms with van der Waals surface area (Å²) in [5, 5.41) is 3.22. The zero-order valence-electron chi connectivity index (χ0n) is 23.4. The Labute approximate surface area is 223 Å². The quantitative estimate of drug-likeness (QED) is 0.0896. The van der Waals surface area contributed by atoms with Crippen LogP contribution in [-0.4, -0.2) is 31.1 Å². The van der Waals surface area contributed by atoms with Gasteiger partial charge in [-0.2, -0.15) is 0 Å². The maximum absolute atomic E-state index is 12.3. The van der Waals surface area contributed by atoms with Crippen molar-refractivity contribution in [3.8, 4) is 0 Å². The SMILES string of the molecule is CCCCCCCCCCCCC(NC(CCCCCCCCCCCC)C(=O)OC)C(N)=O.Cl. The van der Waals surface area contributed by atoms with Gasteiger partial charge in [-0.15, -0.1) is 12.4 Å². The molecule has 0 aliphatic rings. The fourth-order valence-electron chi connectivity index (χ4n) is 4.63. The lowest BCUT2D eigenvalue weighted by molar-refractivity contribution is -0.143. The summed E-state index contributed by atoms with van der Waals surface area (Å²) >= 11 is 0. The van der Waals surface area contributed by atoms with Crippen LogP contribution >= 0.6 is 12.4 Å². The van der Waals surface area contributed by atoms with E-state index in [-0.39, 0.29) is 24.3 Å². The Morgan fingerprint density at radius 3 is 1.23 bits per heavy atom. The second-order valence-corrected chi connectivity index (χ2v) is 10.1. The summed E-state index contributed by atoms with van der Waals surface area (Å²) in [6, 6.07) is -0.902. The number of carbonyl (C=O) groups excluding carboxylic acids is 2. The number of halogens is 1. The van der Waals surface area contributed by atoms with Crippen LogP contribution in [0.1, 0.15) is 155 Å². The van der Waals surface area contributed by atoms with Crippen LogP contribution in [0.25, 0.3) is 0 Å². The number of rotatable bonds is 26. The summed E-state index contributed by atoms with van der Waals surface area (Å²) in [5.74, 6) is -0.654. The zero-order chi connectivity index (χ0) is 25.3. The number of amides is 1. The van der Waals surface area contributed by atoms with E-state index in [1.54, 1.807) is 0 Å². The average Bonchev–Trinajstić information content (AvgIpc) is 2.83. The summed E-state index contributed by atoms with van der Waals surface area (Å²) in [7, 11) is 1.41.